The number of aryl methyl sites for hydroxylation is 1. The molecule has 1 aromatic rings. The van der Waals surface area contributed by atoms with Crippen LogP contribution in [0, 0.1) is 5.92 Å². The standard InChI is InChI=1S/C15H25N3O3/c1-4-14-11(6-7-21-14)8-16-10-13-12(9-17-18(13)3)15(19)20-5-2/h9,11,14,16H,4-8,10H2,1-3H3. The van der Waals surface area contributed by atoms with Crippen molar-refractivity contribution in [2.45, 2.75) is 39.3 Å². The smallest absolute Gasteiger partial charge is 0.341 e. The molecular formula is C15H25N3O3. The number of aromatic nitrogens is 2. The minimum absolute atomic E-state index is 0.307. The molecule has 0 spiro atoms. The fraction of sp³-hybridized carbons (Fsp3) is 0.733. The Morgan fingerprint density at radius 1 is 1.57 bits per heavy atom. The molecule has 1 N–H and O–H groups in total. The fourth-order valence-electron chi connectivity index (χ4n) is 2.81. The number of ether oxygens (including phenoxy) is 2. The van der Waals surface area contributed by atoms with Crippen molar-refractivity contribution in [1.82, 2.24) is 15.1 Å². The van der Waals surface area contributed by atoms with Crippen LogP contribution < -0.4 is 5.32 Å². The molecule has 0 aromatic carbocycles. The molecule has 0 aliphatic carbocycles. The molecule has 2 rings (SSSR count). The van der Waals surface area contributed by atoms with Crippen molar-refractivity contribution in [3.63, 3.8) is 0 Å². The van der Waals surface area contributed by atoms with Gasteiger partial charge in [0, 0.05) is 26.7 Å². The van der Waals surface area contributed by atoms with Gasteiger partial charge in [0.25, 0.3) is 0 Å². The Bertz CT molecular complexity index is 473. The van der Waals surface area contributed by atoms with E-state index in [0.29, 0.717) is 30.7 Å². The van der Waals surface area contributed by atoms with Gasteiger partial charge in [0.15, 0.2) is 0 Å². The van der Waals surface area contributed by atoms with Gasteiger partial charge in [-0.1, -0.05) is 6.92 Å². The molecule has 0 radical (unpaired) electrons. The summed E-state index contributed by atoms with van der Waals surface area (Å²) in [6, 6.07) is 0. The van der Waals surface area contributed by atoms with E-state index in [4.69, 9.17) is 9.47 Å². The number of carbonyl (C=O) groups excluding carboxylic acids is 1. The van der Waals surface area contributed by atoms with Crippen LogP contribution in [0.15, 0.2) is 6.20 Å². The molecule has 1 fully saturated rings. The Kier molecular flexibility index (Phi) is 5.76. The van der Waals surface area contributed by atoms with E-state index >= 15 is 0 Å². The summed E-state index contributed by atoms with van der Waals surface area (Å²) >= 11 is 0. The maximum atomic E-state index is 11.9. The van der Waals surface area contributed by atoms with Gasteiger partial charge in [0.2, 0.25) is 0 Å². The van der Waals surface area contributed by atoms with Crippen molar-refractivity contribution in [3.8, 4) is 0 Å². The fourth-order valence-corrected chi connectivity index (χ4v) is 2.81. The molecule has 2 unspecified atom stereocenters. The molecule has 6 nitrogen and oxygen atoms in total. The van der Waals surface area contributed by atoms with Gasteiger partial charge in [0.05, 0.1) is 24.6 Å². The highest BCUT2D eigenvalue weighted by atomic mass is 16.5. The van der Waals surface area contributed by atoms with Crippen LogP contribution >= 0.6 is 0 Å². The lowest BCUT2D eigenvalue weighted by Gasteiger charge is -2.17. The highest BCUT2D eigenvalue weighted by Gasteiger charge is 2.26. The molecule has 21 heavy (non-hydrogen) atoms. The van der Waals surface area contributed by atoms with Crippen molar-refractivity contribution >= 4 is 5.97 Å². The van der Waals surface area contributed by atoms with Crippen LogP contribution in [0.4, 0.5) is 0 Å². The summed E-state index contributed by atoms with van der Waals surface area (Å²) in [5, 5.41) is 7.58. The molecule has 0 saturated carbocycles. The second-order valence-electron chi connectivity index (χ2n) is 5.35. The van der Waals surface area contributed by atoms with Crippen LogP contribution in [0.5, 0.6) is 0 Å². The molecule has 0 amide bonds. The highest BCUT2D eigenvalue weighted by molar-refractivity contribution is 5.90. The average molecular weight is 295 g/mol. The molecule has 1 saturated heterocycles. The van der Waals surface area contributed by atoms with Crippen LogP contribution in [-0.4, -0.2) is 41.6 Å². The maximum absolute atomic E-state index is 11.9. The first-order valence-electron chi connectivity index (χ1n) is 7.67. The van der Waals surface area contributed by atoms with E-state index in [1.54, 1.807) is 17.8 Å². The average Bonchev–Trinajstić information content (AvgIpc) is 3.06. The monoisotopic (exact) mass is 295 g/mol. The van der Waals surface area contributed by atoms with E-state index in [1.165, 1.54) is 0 Å². The predicted octanol–water partition coefficient (Wildman–Crippen LogP) is 1.50. The first-order valence-corrected chi connectivity index (χ1v) is 7.67. The number of hydrogen-bond donors (Lipinski definition) is 1. The Labute approximate surface area is 125 Å². The van der Waals surface area contributed by atoms with Crippen molar-refractivity contribution in [2.75, 3.05) is 19.8 Å². The Balaban J connectivity index is 1.91. The minimum atomic E-state index is -0.307. The highest BCUT2D eigenvalue weighted by Crippen LogP contribution is 2.22. The SMILES string of the molecule is CCOC(=O)c1cnn(C)c1CNCC1CCOC1CC. The molecule has 1 aliphatic heterocycles. The molecule has 2 atom stereocenters. The van der Waals surface area contributed by atoms with E-state index in [1.807, 2.05) is 7.05 Å². The largest absolute Gasteiger partial charge is 0.462 e. The topological polar surface area (TPSA) is 65.4 Å². The predicted molar refractivity (Wildman–Crippen MR) is 79.0 cm³/mol. The Hall–Kier alpha value is -1.40. The van der Waals surface area contributed by atoms with Crippen LogP contribution in [0.2, 0.25) is 0 Å². The Morgan fingerprint density at radius 3 is 3.10 bits per heavy atom. The third-order valence-electron chi connectivity index (χ3n) is 4.00. The van der Waals surface area contributed by atoms with Crippen LogP contribution in [0.1, 0.15) is 42.7 Å². The number of esters is 1. The number of nitrogens with zero attached hydrogens (tertiary/aromatic N) is 2. The molecular weight excluding hydrogens is 270 g/mol. The van der Waals surface area contributed by atoms with Crippen molar-refractivity contribution in [2.24, 2.45) is 13.0 Å². The van der Waals surface area contributed by atoms with E-state index in [0.717, 1.165) is 31.7 Å². The maximum Gasteiger partial charge on any atom is 0.341 e. The van der Waals surface area contributed by atoms with Crippen molar-refractivity contribution in [3.05, 3.63) is 17.5 Å². The zero-order valence-corrected chi connectivity index (χ0v) is 13.1. The molecule has 118 valence electrons. The third kappa shape index (κ3) is 3.83. The van der Waals surface area contributed by atoms with E-state index < -0.39 is 0 Å². The second kappa shape index (κ2) is 7.56. The summed E-state index contributed by atoms with van der Waals surface area (Å²) in [5.74, 6) is 0.243. The number of carbonyl (C=O) groups is 1. The van der Waals surface area contributed by atoms with Gasteiger partial charge in [-0.25, -0.2) is 4.79 Å². The molecule has 6 heteroatoms. The zero-order valence-electron chi connectivity index (χ0n) is 13.1. The quantitative estimate of drug-likeness (QED) is 0.772. The first-order chi connectivity index (χ1) is 10.2. The van der Waals surface area contributed by atoms with Crippen LogP contribution in [0.3, 0.4) is 0 Å². The lowest BCUT2D eigenvalue weighted by atomic mass is 10.00. The summed E-state index contributed by atoms with van der Waals surface area (Å²) in [4.78, 5) is 11.9. The summed E-state index contributed by atoms with van der Waals surface area (Å²) in [6.07, 6.45) is 4.07. The molecule has 1 aliphatic rings. The summed E-state index contributed by atoms with van der Waals surface area (Å²) < 4.78 is 12.5. The lowest BCUT2D eigenvalue weighted by Crippen LogP contribution is -2.29. The van der Waals surface area contributed by atoms with E-state index in [2.05, 4.69) is 17.3 Å². The number of hydrogen-bond acceptors (Lipinski definition) is 5. The number of rotatable bonds is 7. The van der Waals surface area contributed by atoms with Crippen molar-refractivity contribution < 1.29 is 14.3 Å². The van der Waals surface area contributed by atoms with Crippen molar-refractivity contribution in [1.29, 1.82) is 0 Å². The molecule has 1 aromatic heterocycles. The Morgan fingerprint density at radius 2 is 2.38 bits per heavy atom. The van der Waals surface area contributed by atoms with Gasteiger partial charge in [-0.2, -0.15) is 5.10 Å². The normalized spacial score (nSPS) is 21.7. The first kappa shape index (κ1) is 16.0. The summed E-state index contributed by atoms with van der Waals surface area (Å²) in [6.45, 7) is 6.69. The van der Waals surface area contributed by atoms with Gasteiger partial charge in [-0.05, 0) is 25.7 Å². The van der Waals surface area contributed by atoms with Gasteiger partial charge >= 0.3 is 5.97 Å². The number of nitrogens with one attached hydrogen (secondary N) is 1. The second-order valence-corrected chi connectivity index (χ2v) is 5.35. The van der Waals surface area contributed by atoms with Gasteiger partial charge in [-0.15, -0.1) is 0 Å². The van der Waals surface area contributed by atoms with E-state index in [9.17, 15) is 4.79 Å². The molecule has 0 bridgehead atoms. The zero-order chi connectivity index (χ0) is 15.2. The van der Waals surface area contributed by atoms with Crippen LogP contribution in [0.25, 0.3) is 0 Å². The summed E-state index contributed by atoms with van der Waals surface area (Å²) in [7, 11) is 1.84. The molecule has 2 heterocycles. The minimum Gasteiger partial charge on any atom is -0.462 e. The van der Waals surface area contributed by atoms with Gasteiger partial charge < -0.3 is 14.8 Å². The third-order valence-corrected chi connectivity index (χ3v) is 4.00. The summed E-state index contributed by atoms with van der Waals surface area (Å²) in [5.41, 5.74) is 1.40. The van der Waals surface area contributed by atoms with Gasteiger partial charge in [-0.3, -0.25) is 4.68 Å². The van der Waals surface area contributed by atoms with E-state index in [-0.39, 0.29) is 5.97 Å². The van der Waals surface area contributed by atoms with Crippen LogP contribution in [-0.2, 0) is 23.1 Å². The lowest BCUT2D eigenvalue weighted by molar-refractivity contribution is 0.0524. The van der Waals surface area contributed by atoms with Gasteiger partial charge in [0.1, 0.15) is 5.56 Å².